The highest BCUT2D eigenvalue weighted by Gasteiger charge is 2.26. The first-order chi connectivity index (χ1) is 12.2. The van der Waals surface area contributed by atoms with Gasteiger partial charge in [-0.05, 0) is 24.3 Å². The van der Waals surface area contributed by atoms with E-state index < -0.39 is 0 Å². The number of para-hydroxylation sites is 1. The summed E-state index contributed by atoms with van der Waals surface area (Å²) in [6, 6.07) is 11.3. The number of amides is 1. The molecule has 1 aliphatic rings. The number of benzene rings is 1. The fraction of sp³-hybridized carbons (Fsp3) is 0.222. The molecule has 1 atom stereocenters. The van der Waals surface area contributed by atoms with Crippen LogP contribution in [-0.4, -0.2) is 46.5 Å². The molecule has 0 bridgehead atoms. The van der Waals surface area contributed by atoms with Crippen molar-refractivity contribution < 1.29 is 4.79 Å². The van der Waals surface area contributed by atoms with Crippen LogP contribution >= 0.6 is 0 Å². The molecule has 2 aromatic heterocycles. The van der Waals surface area contributed by atoms with Crippen LogP contribution in [0.2, 0.25) is 0 Å². The summed E-state index contributed by atoms with van der Waals surface area (Å²) < 4.78 is 0. The van der Waals surface area contributed by atoms with Crippen molar-refractivity contribution in [2.24, 2.45) is 5.73 Å². The van der Waals surface area contributed by atoms with Gasteiger partial charge in [-0.15, -0.1) is 0 Å². The zero-order valence-electron chi connectivity index (χ0n) is 13.6. The number of rotatable bonds is 3. The monoisotopic (exact) mass is 334 g/mol. The van der Waals surface area contributed by atoms with Crippen LogP contribution in [0.15, 0.2) is 48.8 Å². The average Bonchev–Trinajstić information content (AvgIpc) is 2.68. The van der Waals surface area contributed by atoms with Crippen molar-refractivity contribution >= 4 is 22.6 Å². The van der Waals surface area contributed by atoms with Gasteiger partial charge in [-0.25, -0.2) is 9.97 Å². The molecule has 3 aromatic rings. The number of fused-ring (bicyclic) bond motifs is 1. The summed E-state index contributed by atoms with van der Waals surface area (Å²) in [4.78, 5) is 27.2. The van der Waals surface area contributed by atoms with E-state index in [1.165, 1.54) is 0 Å². The fourth-order valence-electron chi connectivity index (χ4n) is 3.06. The third-order valence-electron chi connectivity index (χ3n) is 4.34. The number of nitrogens with one attached hydrogen (secondary N) is 1. The molecule has 0 unspecified atom stereocenters. The molecule has 4 rings (SSSR count). The molecule has 1 aromatic carbocycles. The lowest BCUT2D eigenvalue weighted by Gasteiger charge is -2.33. The Hall–Kier alpha value is -3.06. The number of hydrogen-bond acceptors (Lipinski definition) is 6. The highest BCUT2D eigenvalue weighted by molar-refractivity contribution is 5.91. The van der Waals surface area contributed by atoms with E-state index in [9.17, 15) is 4.79 Å². The van der Waals surface area contributed by atoms with Crippen molar-refractivity contribution in [1.82, 2.24) is 20.3 Å². The number of carbonyl (C=O) groups is 1. The van der Waals surface area contributed by atoms with E-state index >= 15 is 0 Å². The first-order valence-corrected chi connectivity index (χ1v) is 8.17. The molecule has 3 N–H and O–H groups in total. The smallest absolute Gasteiger partial charge is 0.236 e. The minimum atomic E-state index is -0.383. The second-order valence-corrected chi connectivity index (χ2v) is 5.98. The molecule has 0 spiro atoms. The third kappa shape index (κ3) is 3.01. The molecule has 126 valence electrons. The van der Waals surface area contributed by atoms with Crippen molar-refractivity contribution in [3.05, 3.63) is 48.8 Å². The molecule has 7 heteroatoms. The van der Waals surface area contributed by atoms with Gasteiger partial charge in [-0.2, -0.15) is 0 Å². The Morgan fingerprint density at radius 2 is 1.96 bits per heavy atom. The van der Waals surface area contributed by atoms with Crippen LogP contribution < -0.4 is 16.0 Å². The van der Waals surface area contributed by atoms with E-state index in [1.54, 1.807) is 12.4 Å². The zero-order chi connectivity index (χ0) is 17.2. The van der Waals surface area contributed by atoms with Crippen LogP contribution in [0.25, 0.3) is 22.3 Å². The van der Waals surface area contributed by atoms with Gasteiger partial charge in [0.15, 0.2) is 5.82 Å². The summed E-state index contributed by atoms with van der Waals surface area (Å²) in [6.45, 7) is 1.92. The number of nitrogens with two attached hydrogens (primary N) is 1. The summed E-state index contributed by atoms with van der Waals surface area (Å²) >= 11 is 0. The minimum Gasteiger partial charge on any atom is -0.368 e. The summed E-state index contributed by atoms with van der Waals surface area (Å²) in [6.07, 6.45) is 3.45. The SMILES string of the molecule is NC(=O)[C@@H]1CN(c2nc(-c3ccncc3)nc3ccccc23)CCN1. The van der Waals surface area contributed by atoms with E-state index in [4.69, 9.17) is 10.7 Å². The lowest BCUT2D eigenvalue weighted by molar-refractivity contribution is -0.120. The molecule has 25 heavy (non-hydrogen) atoms. The summed E-state index contributed by atoms with van der Waals surface area (Å²) in [7, 11) is 0. The molecule has 1 aliphatic heterocycles. The normalized spacial score (nSPS) is 17.6. The van der Waals surface area contributed by atoms with Crippen LogP contribution in [0.3, 0.4) is 0 Å². The van der Waals surface area contributed by atoms with Gasteiger partial charge in [0.2, 0.25) is 5.91 Å². The Labute approximate surface area is 144 Å². The van der Waals surface area contributed by atoms with E-state index in [2.05, 4.69) is 20.2 Å². The van der Waals surface area contributed by atoms with Crippen molar-refractivity contribution in [3.63, 3.8) is 0 Å². The number of carbonyl (C=O) groups excluding carboxylic acids is 1. The topological polar surface area (TPSA) is 97.0 Å². The average molecular weight is 334 g/mol. The molecule has 0 aliphatic carbocycles. The Morgan fingerprint density at radius 3 is 2.76 bits per heavy atom. The summed E-state index contributed by atoms with van der Waals surface area (Å²) in [5, 5.41) is 4.11. The van der Waals surface area contributed by atoms with E-state index in [0.29, 0.717) is 18.9 Å². The number of piperazine rings is 1. The van der Waals surface area contributed by atoms with Gasteiger partial charge in [0, 0.05) is 43.0 Å². The Bertz CT molecular complexity index is 914. The first-order valence-electron chi connectivity index (χ1n) is 8.17. The number of nitrogens with zero attached hydrogens (tertiary/aromatic N) is 4. The van der Waals surface area contributed by atoms with Gasteiger partial charge in [0.1, 0.15) is 11.9 Å². The fourth-order valence-corrected chi connectivity index (χ4v) is 3.06. The number of anilines is 1. The quantitative estimate of drug-likeness (QED) is 0.740. The van der Waals surface area contributed by atoms with Gasteiger partial charge < -0.3 is 16.0 Å². The van der Waals surface area contributed by atoms with Crippen LogP contribution in [0, 0.1) is 0 Å². The number of aromatic nitrogens is 3. The molecule has 0 saturated carbocycles. The summed E-state index contributed by atoms with van der Waals surface area (Å²) in [5.41, 5.74) is 7.25. The van der Waals surface area contributed by atoms with Gasteiger partial charge in [0.25, 0.3) is 0 Å². The lowest BCUT2D eigenvalue weighted by atomic mass is 10.1. The Balaban J connectivity index is 1.83. The van der Waals surface area contributed by atoms with Gasteiger partial charge in [-0.3, -0.25) is 9.78 Å². The van der Waals surface area contributed by atoms with E-state index in [-0.39, 0.29) is 11.9 Å². The molecule has 0 radical (unpaired) electrons. The van der Waals surface area contributed by atoms with Gasteiger partial charge >= 0.3 is 0 Å². The maximum Gasteiger partial charge on any atom is 0.236 e. The largest absolute Gasteiger partial charge is 0.368 e. The van der Waals surface area contributed by atoms with Gasteiger partial charge in [0.05, 0.1) is 5.52 Å². The lowest BCUT2D eigenvalue weighted by Crippen LogP contribution is -2.56. The first kappa shape index (κ1) is 15.5. The number of primary amides is 1. The minimum absolute atomic E-state index is 0.350. The van der Waals surface area contributed by atoms with E-state index in [0.717, 1.165) is 28.8 Å². The van der Waals surface area contributed by atoms with Crippen LogP contribution in [0.1, 0.15) is 0 Å². The standard InChI is InChI=1S/C18H18N6O/c19-16(25)15-11-24(10-9-21-15)18-13-3-1-2-4-14(13)22-17(23-18)12-5-7-20-8-6-12/h1-8,15,21H,9-11H2,(H2,19,25)/t15-/m0/s1. The predicted molar refractivity (Wildman–Crippen MR) is 96.0 cm³/mol. The van der Waals surface area contributed by atoms with Crippen LogP contribution in [-0.2, 0) is 4.79 Å². The second kappa shape index (κ2) is 6.45. The maximum atomic E-state index is 11.6. The number of hydrogen-bond donors (Lipinski definition) is 2. The van der Waals surface area contributed by atoms with Crippen LogP contribution in [0.5, 0.6) is 0 Å². The molecule has 7 nitrogen and oxygen atoms in total. The van der Waals surface area contributed by atoms with Crippen molar-refractivity contribution in [2.75, 3.05) is 24.5 Å². The van der Waals surface area contributed by atoms with Crippen molar-refractivity contribution in [1.29, 1.82) is 0 Å². The zero-order valence-corrected chi connectivity index (χ0v) is 13.6. The highest BCUT2D eigenvalue weighted by Crippen LogP contribution is 2.27. The van der Waals surface area contributed by atoms with Gasteiger partial charge in [-0.1, -0.05) is 12.1 Å². The van der Waals surface area contributed by atoms with E-state index in [1.807, 2.05) is 36.4 Å². The second-order valence-electron chi connectivity index (χ2n) is 5.98. The van der Waals surface area contributed by atoms with Crippen molar-refractivity contribution in [3.8, 4) is 11.4 Å². The third-order valence-corrected chi connectivity index (χ3v) is 4.34. The summed E-state index contributed by atoms with van der Waals surface area (Å²) in [5.74, 6) is 1.12. The molecular weight excluding hydrogens is 316 g/mol. The number of pyridine rings is 1. The molecule has 1 fully saturated rings. The molecular formula is C18H18N6O. The Kier molecular flexibility index (Phi) is 3.99. The Morgan fingerprint density at radius 1 is 1.16 bits per heavy atom. The predicted octanol–water partition coefficient (Wildman–Crippen LogP) is 0.955. The highest BCUT2D eigenvalue weighted by atomic mass is 16.1. The van der Waals surface area contributed by atoms with Crippen LogP contribution in [0.4, 0.5) is 5.82 Å². The maximum absolute atomic E-state index is 11.6. The van der Waals surface area contributed by atoms with Crippen molar-refractivity contribution in [2.45, 2.75) is 6.04 Å². The molecule has 1 amide bonds. The molecule has 3 heterocycles. The molecule has 1 saturated heterocycles.